The first kappa shape index (κ1) is 12.5. The van der Waals surface area contributed by atoms with Gasteiger partial charge in [-0.3, -0.25) is 9.79 Å². The third-order valence-electron chi connectivity index (χ3n) is 1.28. The fourth-order valence-corrected chi connectivity index (χ4v) is 0.688. The van der Waals surface area contributed by atoms with Gasteiger partial charge < -0.3 is 5.11 Å². The molecule has 1 N–H and O–H groups in total. The molecule has 0 rings (SSSR count). The summed E-state index contributed by atoms with van der Waals surface area (Å²) < 4.78 is 0. The fourth-order valence-electron chi connectivity index (χ4n) is 0.688. The Morgan fingerprint density at radius 2 is 2.21 bits per heavy atom. The van der Waals surface area contributed by atoms with E-state index >= 15 is 0 Å². The maximum Gasteiger partial charge on any atom is 0.145 e. The summed E-state index contributed by atoms with van der Waals surface area (Å²) in [7, 11) is 0. The van der Waals surface area contributed by atoms with E-state index in [0.717, 1.165) is 6.29 Å². The van der Waals surface area contributed by atoms with Crippen molar-refractivity contribution in [2.45, 2.75) is 20.0 Å². The number of hydrogen-bond acceptors (Lipinski definition) is 3. The van der Waals surface area contributed by atoms with Crippen molar-refractivity contribution in [2.24, 2.45) is 4.99 Å². The Morgan fingerprint density at radius 1 is 1.57 bits per heavy atom. The maximum absolute atomic E-state index is 10.3. The molecule has 3 nitrogen and oxygen atoms in total. The van der Waals surface area contributed by atoms with Gasteiger partial charge in [-0.25, -0.2) is 0 Å². The van der Waals surface area contributed by atoms with E-state index in [1.807, 2.05) is 0 Å². The molecule has 0 aliphatic rings. The van der Waals surface area contributed by atoms with E-state index in [0.29, 0.717) is 11.1 Å². The average molecular weight is 193 g/mol. The van der Waals surface area contributed by atoms with Crippen LogP contribution in [0.15, 0.2) is 41.1 Å². The molecule has 1 atom stereocenters. The molecule has 0 heterocycles. The van der Waals surface area contributed by atoms with Gasteiger partial charge >= 0.3 is 0 Å². The van der Waals surface area contributed by atoms with Gasteiger partial charge in [-0.15, -0.1) is 0 Å². The minimum atomic E-state index is -0.555. The number of aldehydes is 1. The first-order valence-electron chi connectivity index (χ1n) is 4.26. The van der Waals surface area contributed by atoms with E-state index in [4.69, 9.17) is 5.11 Å². The Morgan fingerprint density at radius 3 is 2.71 bits per heavy atom. The van der Waals surface area contributed by atoms with Crippen LogP contribution in [-0.4, -0.2) is 23.7 Å². The molecule has 0 aromatic heterocycles. The molecule has 0 saturated carbocycles. The van der Waals surface area contributed by atoms with Crippen LogP contribution in [0.3, 0.4) is 0 Å². The van der Waals surface area contributed by atoms with E-state index in [2.05, 4.69) is 11.6 Å². The lowest BCUT2D eigenvalue weighted by Gasteiger charge is -1.91. The Balaban J connectivity index is 4.13. The fraction of sp³-hybridized carbons (Fsp3) is 0.273. The number of aliphatic hydroxyl groups is 1. The number of aliphatic hydroxyl groups excluding tert-OH is 1. The standard InChI is InChI=1S/C11H15NO2/c1-9(6-10(2)8-13)4-5-12-7-11(3)14/h4-8,11,14H,1H2,2-3H3/b5-4-,10-6+,12-7?. The van der Waals surface area contributed by atoms with E-state index in [1.54, 1.807) is 26.0 Å². The lowest BCUT2D eigenvalue weighted by atomic mass is 10.2. The molecule has 0 bridgehead atoms. The lowest BCUT2D eigenvalue weighted by molar-refractivity contribution is -0.104. The highest BCUT2D eigenvalue weighted by Gasteiger charge is 1.86. The molecule has 76 valence electrons. The molecule has 0 saturated heterocycles. The molecule has 14 heavy (non-hydrogen) atoms. The van der Waals surface area contributed by atoms with Crippen LogP contribution in [0.2, 0.25) is 0 Å². The van der Waals surface area contributed by atoms with Gasteiger partial charge in [0, 0.05) is 12.4 Å². The van der Waals surface area contributed by atoms with Crippen LogP contribution >= 0.6 is 0 Å². The molecule has 0 radical (unpaired) electrons. The highest BCUT2D eigenvalue weighted by molar-refractivity contribution is 5.73. The van der Waals surface area contributed by atoms with Crippen LogP contribution in [0, 0.1) is 0 Å². The summed E-state index contributed by atoms with van der Waals surface area (Å²) in [4.78, 5) is 14.1. The van der Waals surface area contributed by atoms with Crippen molar-refractivity contribution in [2.75, 3.05) is 0 Å². The lowest BCUT2D eigenvalue weighted by Crippen LogP contribution is -1.98. The second-order valence-electron chi connectivity index (χ2n) is 2.94. The Bertz CT molecular complexity index is 286. The summed E-state index contributed by atoms with van der Waals surface area (Å²) in [5.41, 5.74) is 1.30. The van der Waals surface area contributed by atoms with Gasteiger partial charge in [0.15, 0.2) is 0 Å². The van der Waals surface area contributed by atoms with Crippen LogP contribution in [0.1, 0.15) is 13.8 Å². The second-order valence-corrected chi connectivity index (χ2v) is 2.94. The Labute approximate surface area is 84.2 Å². The topological polar surface area (TPSA) is 49.7 Å². The number of hydrogen-bond donors (Lipinski definition) is 1. The van der Waals surface area contributed by atoms with Crippen molar-refractivity contribution in [3.05, 3.63) is 36.1 Å². The van der Waals surface area contributed by atoms with Gasteiger partial charge in [0.1, 0.15) is 6.29 Å². The molecule has 0 aliphatic carbocycles. The van der Waals surface area contributed by atoms with Gasteiger partial charge in [0.05, 0.1) is 6.10 Å². The zero-order valence-electron chi connectivity index (χ0n) is 8.47. The smallest absolute Gasteiger partial charge is 0.145 e. The third kappa shape index (κ3) is 7.18. The van der Waals surface area contributed by atoms with Crippen molar-refractivity contribution in [1.82, 2.24) is 0 Å². The van der Waals surface area contributed by atoms with Crippen LogP contribution in [0.5, 0.6) is 0 Å². The third-order valence-corrected chi connectivity index (χ3v) is 1.28. The first-order chi connectivity index (χ1) is 6.56. The van der Waals surface area contributed by atoms with E-state index in [9.17, 15) is 4.79 Å². The zero-order valence-corrected chi connectivity index (χ0v) is 8.47. The summed E-state index contributed by atoms with van der Waals surface area (Å²) >= 11 is 0. The zero-order chi connectivity index (χ0) is 11.0. The monoisotopic (exact) mass is 193 g/mol. The van der Waals surface area contributed by atoms with Crippen LogP contribution in [0.4, 0.5) is 0 Å². The van der Waals surface area contributed by atoms with Crippen molar-refractivity contribution in [3.8, 4) is 0 Å². The summed E-state index contributed by atoms with van der Waals surface area (Å²) in [6.07, 6.45) is 6.44. The van der Waals surface area contributed by atoms with Gasteiger partial charge in [-0.1, -0.05) is 6.58 Å². The van der Waals surface area contributed by atoms with E-state index in [-0.39, 0.29) is 0 Å². The second kappa shape index (κ2) is 6.97. The molecule has 0 spiro atoms. The minimum absolute atomic E-state index is 0.555. The number of carbonyl (C=O) groups excluding carboxylic acids is 1. The van der Waals surface area contributed by atoms with Gasteiger partial charge in [0.2, 0.25) is 0 Å². The van der Waals surface area contributed by atoms with Crippen molar-refractivity contribution >= 4 is 12.5 Å². The number of rotatable bonds is 5. The van der Waals surface area contributed by atoms with Gasteiger partial charge in [0.25, 0.3) is 0 Å². The van der Waals surface area contributed by atoms with Crippen molar-refractivity contribution in [3.63, 3.8) is 0 Å². The molecular weight excluding hydrogens is 178 g/mol. The molecule has 1 unspecified atom stereocenters. The van der Waals surface area contributed by atoms with E-state index < -0.39 is 6.10 Å². The maximum atomic E-state index is 10.3. The normalized spacial score (nSPS) is 14.9. The highest BCUT2D eigenvalue weighted by atomic mass is 16.3. The number of nitrogens with zero attached hydrogens (tertiary/aromatic N) is 1. The van der Waals surface area contributed by atoms with E-state index in [1.165, 1.54) is 12.4 Å². The molecular formula is C11H15NO2. The summed E-state index contributed by atoms with van der Waals surface area (Å²) in [6.45, 7) is 7.01. The quantitative estimate of drug-likeness (QED) is 0.312. The predicted octanol–water partition coefficient (Wildman–Crippen LogP) is 1.65. The largest absolute Gasteiger partial charge is 0.388 e. The molecule has 0 aromatic carbocycles. The number of allylic oxidation sites excluding steroid dienone is 4. The SMILES string of the molecule is C=C(/C=C\N=CC(C)O)/C=C(\C)C=O. The summed E-state index contributed by atoms with van der Waals surface area (Å²) in [5.74, 6) is 0. The molecule has 0 amide bonds. The van der Waals surface area contributed by atoms with Crippen LogP contribution in [-0.2, 0) is 4.79 Å². The molecule has 0 aliphatic heterocycles. The highest BCUT2D eigenvalue weighted by Crippen LogP contribution is 1.99. The first-order valence-corrected chi connectivity index (χ1v) is 4.26. The molecule has 3 heteroatoms. The number of carbonyl (C=O) groups is 1. The van der Waals surface area contributed by atoms with Gasteiger partial charge in [-0.05, 0) is 37.1 Å². The molecule has 0 fully saturated rings. The van der Waals surface area contributed by atoms with Crippen LogP contribution < -0.4 is 0 Å². The van der Waals surface area contributed by atoms with Crippen LogP contribution in [0.25, 0.3) is 0 Å². The van der Waals surface area contributed by atoms with Gasteiger partial charge in [-0.2, -0.15) is 0 Å². The Kier molecular flexibility index (Phi) is 6.24. The van der Waals surface area contributed by atoms with Crippen molar-refractivity contribution in [1.29, 1.82) is 0 Å². The average Bonchev–Trinajstić information content (AvgIpc) is 2.12. The number of aliphatic imine (C=N–C) groups is 1. The predicted molar refractivity (Wildman–Crippen MR) is 58.3 cm³/mol. The summed E-state index contributed by atoms with van der Waals surface area (Å²) in [6, 6.07) is 0. The molecule has 0 aromatic rings. The Hall–Kier alpha value is -1.48. The van der Waals surface area contributed by atoms with Crippen molar-refractivity contribution < 1.29 is 9.90 Å². The minimum Gasteiger partial charge on any atom is -0.388 e. The summed E-state index contributed by atoms with van der Waals surface area (Å²) in [5, 5.41) is 8.84.